The van der Waals surface area contributed by atoms with Crippen molar-refractivity contribution in [2.24, 2.45) is 0 Å². The van der Waals surface area contributed by atoms with Gasteiger partial charge in [0.25, 0.3) is 0 Å². The van der Waals surface area contributed by atoms with E-state index in [1.807, 2.05) is 19.1 Å². The molecule has 1 N–H and O–H groups in total. The molecule has 0 fully saturated rings. The van der Waals surface area contributed by atoms with Crippen LogP contribution in [0.3, 0.4) is 0 Å². The zero-order valence-electron chi connectivity index (χ0n) is 10.6. The summed E-state index contributed by atoms with van der Waals surface area (Å²) in [5.74, 6) is 0.912. The molecule has 0 amide bonds. The van der Waals surface area contributed by atoms with Crippen molar-refractivity contribution in [3.8, 4) is 5.75 Å². The molecular formula is C14H19ClO3. The monoisotopic (exact) mass is 270 g/mol. The number of ether oxygens (including phenoxy) is 2. The van der Waals surface area contributed by atoms with Crippen LogP contribution in [-0.4, -0.2) is 31.0 Å². The number of aliphatic hydroxyl groups excluding tert-OH is 1. The molecule has 0 bridgehead atoms. The fourth-order valence-electron chi connectivity index (χ4n) is 2.22. The normalized spacial score (nSPS) is 15.3. The molecule has 1 aromatic rings. The van der Waals surface area contributed by atoms with Crippen LogP contribution in [0.5, 0.6) is 5.75 Å². The van der Waals surface area contributed by atoms with Crippen molar-refractivity contribution in [1.29, 1.82) is 0 Å². The highest BCUT2D eigenvalue weighted by Gasteiger charge is 2.19. The number of rotatable bonds is 6. The SMILES string of the molecule is CCOCCC(O)Cc1cc(Cl)cc2c1OCC2. The summed E-state index contributed by atoms with van der Waals surface area (Å²) in [6.07, 6.45) is 1.69. The van der Waals surface area contributed by atoms with Crippen molar-refractivity contribution >= 4 is 11.6 Å². The first-order chi connectivity index (χ1) is 8.70. The first-order valence-electron chi connectivity index (χ1n) is 6.40. The van der Waals surface area contributed by atoms with E-state index in [9.17, 15) is 5.11 Å². The van der Waals surface area contributed by atoms with Gasteiger partial charge >= 0.3 is 0 Å². The van der Waals surface area contributed by atoms with Crippen molar-refractivity contribution in [1.82, 2.24) is 0 Å². The van der Waals surface area contributed by atoms with E-state index in [1.54, 1.807) is 0 Å². The molecule has 1 atom stereocenters. The summed E-state index contributed by atoms with van der Waals surface area (Å²) in [5.41, 5.74) is 2.15. The minimum Gasteiger partial charge on any atom is -0.493 e. The molecule has 4 heteroatoms. The van der Waals surface area contributed by atoms with Gasteiger partial charge in [0.1, 0.15) is 5.75 Å². The molecule has 1 aliphatic heterocycles. The van der Waals surface area contributed by atoms with Crippen LogP contribution in [0.25, 0.3) is 0 Å². The van der Waals surface area contributed by atoms with E-state index in [-0.39, 0.29) is 0 Å². The maximum absolute atomic E-state index is 9.97. The summed E-state index contributed by atoms with van der Waals surface area (Å²) in [4.78, 5) is 0. The zero-order chi connectivity index (χ0) is 13.0. The molecule has 100 valence electrons. The summed E-state index contributed by atoms with van der Waals surface area (Å²) >= 11 is 6.08. The summed E-state index contributed by atoms with van der Waals surface area (Å²) in [6, 6.07) is 3.83. The minimum atomic E-state index is -0.414. The highest BCUT2D eigenvalue weighted by Crippen LogP contribution is 2.33. The molecule has 2 rings (SSSR count). The van der Waals surface area contributed by atoms with Crippen molar-refractivity contribution in [3.05, 3.63) is 28.3 Å². The molecule has 0 saturated heterocycles. The van der Waals surface area contributed by atoms with E-state index >= 15 is 0 Å². The van der Waals surface area contributed by atoms with Crippen LogP contribution in [0, 0.1) is 0 Å². The molecule has 0 aliphatic carbocycles. The van der Waals surface area contributed by atoms with Crippen LogP contribution < -0.4 is 4.74 Å². The average molecular weight is 271 g/mol. The van der Waals surface area contributed by atoms with Gasteiger partial charge in [0.15, 0.2) is 0 Å². The lowest BCUT2D eigenvalue weighted by Gasteiger charge is -2.13. The van der Waals surface area contributed by atoms with Gasteiger partial charge in [-0.3, -0.25) is 0 Å². The molecule has 1 unspecified atom stereocenters. The van der Waals surface area contributed by atoms with Gasteiger partial charge in [-0.05, 0) is 36.6 Å². The zero-order valence-corrected chi connectivity index (χ0v) is 11.4. The lowest BCUT2D eigenvalue weighted by molar-refractivity contribution is 0.0884. The van der Waals surface area contributed by atoms with Gasteiger partial charge in [-0.1, -0.05) is 11.6 Å². The maximum atomic E-state index is 9.97. The Hall–Kier alpha value is -0.770. The first kappa shape index (κ1) is 13.7. The van der Waals surface area contributed by atoms with Gasteiger partial charge in [-0.2, -0.15) is 0 Å². The van der Waals surface area contributed by atoms with Crippen LogP contribution in [0.15, 0.2) is 12.1 Å². The third-order valence-corrected chi connectivity index (χ3v) is 3.30. The van der Waals surface area contributed by atoms with Crippen LogP contribution in [0.1, 0.15) is 24.5 Å². The van der Waals surface area contributed by atoms with Crippen LogP contribution in [0.2, 0.25) is 5.02 Å². The molecule has 1 heterocycles. The van der Waals surface area contributed by atoms with Crippen LogP contribution in [-0.2, 0) is 17.6 Å². The van der Waals surface area contributed by atoms with Gasteiger partial charge in [0.05, 0.1) is 12.7 Å². The van der Waals surface area contributed by atoms with E-state index in [4.69, 9.17) is 21.1 Å². The second kappa shape index (κ2) is 6.41. The summed E-state index contributed by atoms with van der Waals surface area (Å²) < 4.78 is 10.9. The van der Waals surface area contributed by atoms with Crippen LogP contribution in [0.4, 0.5) is 0 Å². The Balaban J connectivity index is 2.00. The minimum absolute atomic E-state index is 0.414. The molecule has 1 aromatic carbocycles. The van der Waals surface area contributed by atoms with Gasteiger partial charge in [0.2, 0.25) is 0 Å². The Morgan fingerprint density at radius 2 is 2.33 bits per heavy atom. The second-order valence-corrected chi connectivity index (χ2v) is 4.93. The smallest absolute Gasteiger partial charge is 0.126 e. The fraction of sp³-hybridized carbons (Fsp3) is 0.571. The average Bonchev–Trinajstić information content (AvgIpc) is 2.77. The maximum Gasteiger partial charge on any atom is 0.126 e. The standard InChI is InChI=1S/C14H19ClO3/c1-2-17-5-4-13(16)9-11-8-12(15)7-10-3-6-18-14(10)11/h7-8,13,16H,2-6,9H2,1H3. The summed E-state index contributed by atoms with van der Waals surface area (Å²) in [5, 5.41) is 10.7. The largest absolute Gasteiger partial charge is 0.493 e. The highest BCUT2D eigenvalue weighted by molar-refractivity contribution is 6.30. The van der Waals surface area contributed by atoms with E-state index in [0.29, 0.717) is 37.7 Å². The third kappa shape index (κ3) is 3.37. The van der Waals surface area contributed by atoms with Crippen molar-refractivity contribution in [2.45, 2.75) is 32.3 Å². The van der Waals surface area contributed by atoms with Crippen molar-refractivity contribution in [3.63, 3.8) is 0 Å². The second-order valence-electron chi connectivity index (χ2n) is 4.50. The number of benzene rings is 1. The number of halogens is 1. The molecule has 1 aliphatic rings. The number of fused-ring (bicyclic) bond motifs is 1. The van der Waals surface area contributed by atoms with Crippen LogP contribution >= 0.6 is 11.6 Å². The van der Waals surface area contributed by atoms with Crippen molar-refractivity contribution in [2.75, 3.05) is 19.8 Å². The molecule has 0 aromatic heterocycles. The van der Waals surface area contributed by atoms with Gasteiger partial charge in [-0.25, -0.2) is 0 Å². The molecule has 0 spiro atoms. The van der Waals surface area contributed by atoms with E-state index in [0.717, 1.165) is 23.3 Å². The van der Waals surface area contributed by atoms with E-state index in [1.165, 1.54) is 0 Å². The van der Waals surface area contributed by atoms with E-state index in [2.05, 4.69) is 0 Å². The van der Waals surface area contributed by atoms with Gasteiger partial charge in [0, 0.05) is 31.1 Å². The van der Waals surface area contributed by atoms with E-state index < -0.39 is 6.10 Å². The van der Waals surface area contributed by atoms with Gasteiger partial charge < -0.3 is 14.6 Å². The van der Waals surface area contributed by atoms with Crippen molar-refractivity contribution < 1.29 is 14.6 Å². The Morgan fingerprint density at radius 1 is 1.50 bits per heavy atom. The topological polar surface area (TPSA) is 38.7 Å². The predicted octanol–water partition coefficient (Wildman–Crippen LogP) is 2.60. The third-order valence-electron chi connectivity index (χ3n) is 3.08. The highest BCUT2D eigenvalue weighted by atomic mass is 35.5. The summed E-state index contributed by atoms with van der Waals surface area (Å²) in [7, 11) is 0. The number of aliphatic hydroxyl groups is 1. The Bertz CT molecular complexity index is 406. The molecule has 0 radical (unpaired) electrons. The predicted molar refractivity (Wildman–Crippen MR) is 71.5 cm³/mol. The molecule has 0 saturated carbocycles. The Morgan fingerprint density at radius 3 is 3.11 bits per heavy atom. The fourth-order valence-corrected chi connectivity index (χ4v) is 2.48. The quantitative estimate of drug-likeness (QED) is 0.808. The molecule has 3 nitrogen and oxygen atoms in total. The first-order valence-corrected chi connectivity index (χ1v) is 6.78. The van der Waals surface area contributed by atoms with Gasteiger partial charge in [-0.15, -0.1) is 0 Å². The Kier molecular flexibility index (Phi) is 4.87. The lowest BCUT2D eigenvalue weighted by atomic mass is 10.0. The Labute approximate surface area is 113 Å². The molecule has 18 heavy (non-hydrogen) atoms. The summed E-state index contributed by atoms with van der Waals surface area (Å²) in [6.45, 7) is 3.92. The number of hydrogen-bond acceptors (Lipinski definition) is 3. The lowest BCUT2D eigenvalue weighted by Crippen LogP contribution is -2.14. The number of hydrogen-bond donors (Lipinski definition) is 1. The molecular weight excluding hydrogens is 252 g/mol.